The van der Waals surface area contributed by atoms with E-state index in [0.29, 0.717) is 30.3 Å². The zero-order valence-corrected chi connectivity index (χ0v) is 11.3. The van der Waals surface area contributed by atoms with Crippen molar-refractivity contribution < 1.29 is 14.1 Å². The number of ether oxygens (including phenoxy) is 1. The summed E-state index contributed by atoms with van der Waals surface area (Å²) in [5.41, 5.74) is 1.01. The van der Waals surface area contributed by atoms with Gasteiger partial charge in [-0.05, 0) is 18.9 Å². The van der Waals surface area contributed by atoms with Gasteiger partial charge < -0.3 is 14.5 Å². The van der Waals surface area contributed by atoms with Gasteiger partial charge in [-0.15, -0.1) is 0 Å². The van der Waals surface area contributed by atoms with Crippen LogP contribution in [0.15, 0.2) is 22.6 Å². The molecule has 1 aromatic carbocycles. The fraction of sp³-hybridized carbons (Fsp3) is 0.462. The molecule has 108 valence electrons. The van der Waals surface area contributed by atoms with Crippen LogP contribution in [0.3, 0.4) is 0 Å². The number of hydrogen-bond donors (Lipinski definition) is 1. The smallest absolute Gasteiger partial charge is 0.295 e. The van der Waals surface area contributed by atoms with E-state index in [1.807, 2.05) is 0 Å². The number of aromatic nitrogens is 1. The Bertz CT molecular complexity index is 582. The van der Waals surface area contributed by atoms with Crippen LogP contribution < -0.4 is 5.32 Å². The molecule has 0 unspecified atom stereocenters. The maximum Gasteiger partial charge on any atom is 0.295 e. The van der Waals surface area contributed by atoms with Gasteiger partial charge in [0, 0.05) is 31.9 Å². The van der Waals surface area contributed by atoms with Gasteiger partial charge in [0.2, 0.25) is 0 Å². The highest BCUT2D eigenvalue weighted by atomic mass is 16.6. The molecule has 0 spiro atoms. The maximum atomic E-state index is 10.7. The fourth-order valence-corrected chi connectivity index (χ4v) is 1.72. The average Bonchev–Trinajstić information content (AvgIpc) is 2.84. The first-order chi connectivity index (χ1) is 9.70. The van der Waals surface area contributed by atoms with Crippen molar-refractivity contribution in [3.8, 4) is 0 Å². The molecule has 1 heterocycles. The lowest BCUT2D eigenvalue weighted by Gasteiger charge is -2.02. The SMILES string of the molecule is CCCOCCCNc1nc2cc([N+](=O)[O-])ccc2o1. The number of benzene rings is 1. The van der Waals surface area contributed by atoms with Gasteiger partial charge in [-0.2, -0.15) is 4.98 Å². The van der Waals surface area contributed by atoms with Gasteiger partial charge in [0.05, 0.1) is 4.92 Å². The number of nitro benzene ring substituents is 1. The molecule has 0 radical (unpaired) electrons. The lowest BCUT2D eigenvalue weighted by molar-refractivity contribution is -0.384. The highest BCUT2D eigenvalue weighted by Crippen LogP contribution is 2.23. The Morgan fingerprint density at radius 1 is 1.45 bits per heavy atom. The van der Waals surface area contributed by atoms with Gasteiger partial charge in [-0.3, -0.25) is 10.1 Å². The Hall–Kier alpha value is -2.15. The molecule has 1 N–H and O–H groups in total. The van der Waals surface area contributed by atoms with Gasteiger partial charge in [-0.25, -0.2) is 0 Å². The largest absolute Gasteiger partial charge is 0.424 e. The average molecular weight is 279 g/mol. The normalized spacial score (nSPS) is 10.8. The standard InChI is InChI=1S/C13H17N3O4/c1-2-7-19-8-3-6-14-13-15-11-9-10(16(17)18)4-5-12(11)20-13/h4-5,9H,2-3,6-8H2,1H3,(H,14,15). The van der Waals surface area contributed by atoms with Gasteiger partial charge >= 0.3 is 0 Å². The molecule has 0 aliphatic carbocycles. The quantitative estimate of drug-likeness (QED) is 0.454. The molecule has 0 saturated carbocycles. The van der Waals surface area contributed by atoms with Crippen LogP contribution in [0.2, 0.25) is 0 Å². The van der Waals surface area contributed by atoms with E-state index in [1.54, 1.807) is 6.07 Å². The highest BCUT2D eigenvalue weighted by Gasteiger charge is 2.11. The molecule has 0 atom stereocenters. The Balaban J connectivity index is 1.89. The van der Waals surface area contributed by atoms with Gasteiger partial charge in [0.1, 0.15) is 5.52 Å². The van der Waals surface area contributed by atoms with Crippen molar-refractivity contribution in [2.75, 3.05) is 25.1 Å². The van der Waals surface area contributed by atoms with Crippen molar-refractivity contribution in [1.29, 1.82) is 0 Å². The molecule has 0 saturated heterocycles. The summed E-state index contributed by atoms with van der Waals surface area (Å²) in [6.07, 6.45) is 1.86. The summed E-state index contributed by atoms with van der Waals surface area (Å²) in [5, 5.41) is 13.7. The zero-order chi connectivity index (χ0) is 14.4. The molecule has 2 rings (SSSR count). The molecule has 0 fully saturated rings. The summed E-state index contributed by atoms with van der Waals surface area (Å²) in [4.78, 5) is 14.4. The van der Waals surface area contributed by atoms with Crippen molar-refractivity contribution in [2.24, 2.45) is 0 Å². The van der Waals surface area contributed by atoms with Crippen LogP contribution in [-0.4, -0.2) is 29.7 Å². The molecule has 20 heavy (non-hydrogen) atoms. The highest BCUT2D eigenvalue weighted by molar-refractivity contribution is 5.77. The minimum atomic E-state index is -0.452. The van der Waals surface area contributed by atoms with E-state index < -0.39 is 4.92 Å². The first-order valence-corrected chi connectivity index (χ1v) is 6.57. The van der Waals surface area contributed by atoms with Gasteiger partial charge in [-0.1, -0.05) is 6.92 Å². The van der Waals surface area contributed by atoms with Crippen LogP contribution in [0, 0.1) is 10.1 Å². The third-order valence-electron chi connectivity index (χ3n) is 2.67. The number of oxazole rings is 1. The fourth-order valence-electron chi connectivity index (χ4n) is 1.72. The number of fused-ring (bicyclic) bond motifs is 1. The van der Waals surface area contributed by atoms with Crippen molar-refractivity contribution in [1.82, 2.24) is 4.98 Å². The van der Waals surface area contributed by atoms with E-state index in [0.717, 1.165) is 19.4 Å². The molecule has 7 heteroatoms. The number of nitrogens with one attached hydrogen (secondary N) is 1. The molecular formula is C13H17N3O4. The van der Waals surface area contributed by atoms with Crippen LogP contribution in [0.5, 0.6) is 0 Å². The van der Waals surface area contributed by atoms with Gasteiger partial charge in [0.15, 0.2) is 5.58 Å². The van der Waals surface area contributed by atoms with Crippen LogP contribution in [0.1, 0.15) is 19.8 Å². The molecule has 7 nitrogen and oxygen atoms in total. The number of non-ortho nitro benzene ring substituents is 1. The molecule has 0 aliphatic rings. The first kappa shape index (κ1) is 14.3. The Labute approximate surface area is 116 Å². The van der Waals surface area contributed by atoms with Crippen molar-refractivity contribution in [3.63, 3.8) is 0 Å². The van der Waals surface area contributed by atoms with E-state index in [-0.39, 0.29) is 5.69 Å². The lowest BCUT2D eigenvalue weighted by Crippen LogP contribution is -2.06. The van der Waals surface area contributed by atoms with E-state index in [1.165, 1.54) is 12.1 Å². The second-order valence-electron chi connectivity index (χ2n) is 4.32. The Morgan fingerprint density at radius 3 is 3.05 bits per heavy atom. The van der Waals surface area contributed by atoms with Crippen LogP contribution in [0.25, 0.3) is 11.1 Å². The predicted octanol–water partition coefficient (Wildman–Crippen LogP) is 2.96. The minimum Gasteiger partial charge on any atom is -0.424 e. The topological polar surface area (TPSA) is 90.4 Å². The molecule has 0 amide bonds. The third kappa shape index (κ3) is 3.67. The maximum absolute atomic E-state index is 10.7. The summed E-state index contributed by atoms with van der Waals surface area (Å²) in [7, 11) is 0. The van der Waals surface area contributed by atoms with E-state index in [2.05, 4.69) is 17.2 Å². The van der Waals surface area contributed by atoms with Crippen LogP contribution in [-0.2, 0) is 4.74 Å². The summed E-state index contributed by atoms with van der Waals surface area (Å²) in [6.45, 7) is 4.20. The molecular weight excluding hydrogens is 262 g/mol. The summed E-state index contributed by atoms with van der Waals surface area (Å²) in [5.74, 6) is 0. The number of nitro groups is 1. The van der Waals surface area contributed by atoms with Gasteiger partial charge in [0.25, 0.3) is 11.7 Å². The first-order valence-electron chi connectivity index (χ1n) is 6.57. The van der Waals surface area contributed by atoms with Crippen molar-refractivity contribution in [2.45, 2.75) is 19.8 Å². The third-order valence-corrected chi connectivity index (χ3v) is 2.67. The van der Waals surface area contributed by atoms with Crippen molar-refractivity contribution in [3.05, 3.63) is 28.3 Å². The van der Waals surface area contributed by atoms with Crippen LogP contribution >= 0.6 is 0 Å². The second kappa shape index (κ2) is 6.85. The molecule has 0 bridgehead atoms. The number of rotatable bonds is 8. The Morgan fingerprint density at radius 2 is 2.30 bits per heavy atom. The number of anilines is 1. The lowest BCUT2D eigenvalue weighted by atomic mass is 10.3. The summed E-state index contributed by atoms with van der Waals surface area (Å²) >= 11 is 0. The molecule has 2 aromatic rings. The molecule has 1 aromatic heterocycles. The van der Waals surface area contributed by atoms with Crippen LogP contribution in [0.4, 0.5) is 11.7 Å². The predicted molar refractivity (Wildman–Crippen MR) is 74.9 cm³/mol. The van der Waals surface area contributed by atoms with E-state index in [4.69, 9.17) is 9.15 Å². The molecule has 0 aliphatic heterocycles. The second-order valence-corrected chi connectivity index (χ2v) is 4.32. The monoisotopic (exact) mass is 279 g/mol. The van der Waals surface area contributed by atoms with E-state index >= 15 is 0 Å². The van der Waals surface area contributed by atoms with E-state index in [9.17, 15) is 10.1 Å². The summed E-state index contributed by atoms with van der Waals surface area (Å²) < 4.78 is 10.8. The Kier molecular flexibility index (Phi) is 4.89. The number of hydrogen-bond acceptors (Lipinski definition) is 6. The minimum absolute atomic E-state index is 0.00492. The zero-order valence-electron chi connectivity index (χ0n) is 11.3. The number of nitrogens with zero attached hydrogens (tertiary/aromatic N) is 2. The van der Waals surface area contributed by atoms with Crippen molar-refractivity contribution >= 4 is 22.8 Å². The summed E-state index contributed by atoms with van der Waals surface area (Å²) in [6, 6.07) is 4.72.